The maximum Gasteiger partial charge on any atom is 0.330 e. The van der Waals surface area contributed by atoms with Crippen LogP contribution >= 0.6 is 0 Å². The molecule has 2 heterocycles. The second-order valence-corrected chi connectivity index (χ2v) is 13.4. The summed E-state index contributed by atoms with van der Waals surface area (Å²) in [6.07, 6.45) is 2.75. The smallest absolute Gasteiger partial charge is 0.330 e. The highest BCUT2D eigenvalue weighted by atomic mass is 28.4. The molecule has 2 rings (SSSR count). The van der Waals surface area contributed by atoms with Crippen molar-refractivity contribution in [1.29, 1.82) is 0 Å². The number of aromatic amines is 1. The van der Waals surface area contributed by atoms with Gasteiger partial charge in [0.15, 0.2) is 14.5 Å². The van der Waals surface area contributed by atoms with Gasteiger partial charge in [-0.2, -0.15) is 0 Å². The van der Waals surface area contributed by atoms with Crippen molar-refractivity contribution in [2.75, 3.05) is 13.7 Å². The molecule has 1 aromatic rings. The molecule has 152 valence electrons. The average Bonchev–Trinajstić information content (AvgIpc) is 2.90. The molecule has 1 aliphatic rings. The monoisotopic (exact) mass is 396 g/mol. The first-order valence-corrected chi connectivity index (χ1v) is 12.2. The van der Waals surface area contributed by atoms with E-state index in [1.165, 1.54) is 16.8 Å². The van der Waals surface area contributed by atoms with Gasteiger partial charge in [-0.05, 0) is 24.6 Å². The first-order chi connectivity index (χ1) is 12.5. The lowest BCUT2D eigenvalue weighted by atomic mass is 9.94. The average molecular weight is 397 g/mol. The van der Waals surface area contributed by atoms with E-state index in [0.29, 0.717) is 13.0 Å². The standard InChI is InChI=1S/C19H32N2O5Si/c1-8-9-13-14(12-25-27(6,7)19(2,3)4)26-17(16(13)24-5)21-11-10-15(22)20-18(21)23/h8,10-11,13-14,16-17H,1,9,12H2,2-7H3,(H,20,22,23)/t13-,14-,16-,17-/m1/s1. The predicted molar refractivity (Wildman–Crippen MR) is 107 cm³/mol. The number of H-pyrrole nitrogens is 1. The summed E-state index contributed by atoms with van der Waals surface area (Å²) < 4.78 is 19.6. The van der Waals surface area contributed by atoms with Crippen molar-refractivity contribution >= 4 is 8.32 Å². The van der Waals surface area contributed by atoms with Crippen LogP contribution in [0.4, 0.5) is 0 Å². The minimum Gasteiger partial charge on any atom is -0.414 e. The lowest BCUT2D eigenvalue weighted by Gasteiger charge is -2.37. The van der Waals surface area contributed by atoms with E-state index in [1.807, 2.05) is 6.08 Å². The Labute approximate surface area is 161 Å². The Morgan fingerprint density at radius 1 is 1.37 bits per heavy atom. The summed E-state index contributed by atoms with van der Waals surface area (Å²) in [5.41, 5.74) is -0.957. The minimum absolute atomic E-state index is 0.00102. The molecular formula is C19H32N2O5Si. The van der Waals surface area contributed by atoms with Crippen molar-refractivity contribution < 1.29 is 13.9 Å². The molecule has 0 aromatic carbocycles. The molecule has 1 saturated heterocycles. The summed E-state index contributed by atoms with van der Waals surface area (Å²) in [4.78, 5) is 25.9. The van der Waals surface area contributed by atoms with Gasteiger partial charge in [-0.25, -0.2) is 4.79 Å². The fraction of sp³-hybridized carbons (Fsp3) is 0.684. The molecule has 0 radical (unpaired) electrons. The van der Waals surface area contributed by atoms with Gasteiger partial charge in [-0.15, -0.1) is 6.58 Å². The van der Waals surface area contributed by atoms with Crippen LogP contribution in [0, 0.1) is 5.92 Å². The molecule has 0 spiro atoms. The first-order valence-electron chi connectivity index (χ1n) is 9.26. The second-order valence-electron chi connectivity index (χ2n) is 8.54. The Hall–Kier alpha value is -1.48. The van der Waals surface area contributed by atoms with Crippen LogP contribution in [0.5, 0.6) is 0 Å². The number of hydrogen-bond donors (Lipinski definition) is 1. The van der Waals surface area contributed by atoms with Crippen LogP contribution < -0.4 is 11.2 Å². The number of hydrogen-bond acceptors (Lipinski definition) is 5. The second kappa shape index (κ2) is 8.26. The van der Waals surface area contributed by atoms with E-state index >= 15 is 0 Å². The van der Waals surface area contributed by atoms with Gasteiger partial charge in [0.25, 0.3) is 5.56 Å². The minimum atomic E-state index is -1.94. The maximum atomic E-state index is 12.2. The Morgan fingerprint density at radius 2 is 2.04 bits per heavy atom. The van der Waals surface area contributed by atoms with Gasteiger partial charge >= 0.3 is 5.69 Å². The molecule has 27 heavy (non-hydrogen) atoms. The van der Waals surface area contributed by atoms with Crippen LogP contribution in [0.2, 0.25) is 18.1 Å². The molecule has 1 aromatic heterocycles. The lowest BCUT2D eigenvalue weighted by molar-refractivity contribution is -0.0613. The molecule has 1 N–H and O–H groups in total. The molecule has 8 heteroatoms. The Balaban J connectivity index is 2.28. The fourth-order valence-corrected chi connectivity index (χ4v) is 4.09. The van der Waals surface area contributed by atoms with Gasteiger partial charge in [0.05, 0.1) is 12.7 Å². The number of nitrogens with zero attached hydrogens (tertiary/aromatic N) is 1. The highest BCUT2D eigenvalue weighted by Crippen LogP contribution is 2.40. The van der Waals surface area contributed by atoms with E-state index in [4.69, 9.17) is 13.9 Å². The number of nitrogens with one attached hydrogen (secondary N) is 1. The molecular weight excluding hydrogens is 364 g/mol. The lowest BCUT2D eigenvalue weighted by Crippen LogP contribution is -2.43. The summed E-state index contributed by atoms with van der Waals surface area (Å²) in [6.45, 7) is 15.2. The quantitative estimate of drug-likeness (QED) is 0.566. The summed E-state index contributed by atoms with van der Waals surface area (Å²) in [6, 6.07) is 1.31. The van der Waals surface area contributed by atoms with E-state index in [0.717, 1.165) is 0 Å². The van der Waals surface area contributed by atoms with Gasteiger partial charge in [-0.3, -0.25) is 14.3 Å². The van der Waals surface area contributed by atoms with Crippen LogP contribution in [0.1, 0.15) is 33.4 Å². The summed E-state index contributed by atoms with van der Waals surface area (Å²) >= 11 is 0. The topological polar surface area (TPSA) is 82.6 Å². The summed E-state index contributed by atoms with van der Waals surface area (Å²) in [5.74, 6) is 0.00102. The Kier molecular flexibility index (Phi) is 6.67. The zero-order valence-electron chi connectivity index (χ0n) is 17.2. The maximum absolute atomic E-state index is 12.2. The number of ether oxygens (including phenoxy) is 2. The van der Waals surface area contributed by atoms with Gasteiger partial charge in [0.1, 0.15) is 6.10 Å². The van der Waals surface area contributed by atoms with E-state index < -0.39 is 25.8 Å². The molecule has 1 aliphatic heterocycles. The normalized spacial score (nSPS) is 26.3. The van der Waals surface area contributed by atoms with Crippen LogP contribution in [0.3, 0.4) is 0 Å². The molecule has 1 fully saturated rings. The van der Waals surface area contributed by atoms with Crippen LogP contribution in [0.25, 0.3) is 0 Å². The van der Waals surface area contributed by atoms with E-state index in [1.54, 1.807) is 7.11 Å². The zero-order valence-corrected chi connectivity index (χ0v) is 18.2. The largest absolute Gasteiger partial charge is 0.414 e. The first kappa shape index (κ1) is 21.8. The van der Waals surface area contributed by atoms with Crippen molar-refractivity contribution in [3.8, 4) is 0 Å². The number of methoxy groups -OCH3 is 1. The van der Waals surface area contributed by atoms with E-state index in [2.05, 4.69) is 45.4 Å². The predicted octanol–water partition coefficient (Wildman–Crippen LogP) is 2.66. The van der Waals surface area contributed by atoms with Crippen LogP contribution in [-0.4, -0.2) is 43.8 Å². The molecule has 0 saturated carbocycles. The zero-order chi connectivity index (χ0) is 20.4. The molecule has 0 amide bonds. The third-order valence-corrected chi connectivity index (χ3v) is 10.2. The third-order valence-electron chi connectivity index (χ3n) is 5.75. The molecule has 0 unspecified atom stereocenters. The van der Waals surface area contributed by atoms with Crippen molar-refractivity contribution in [1.82, 2.24) is 9.55 Å². The third kappa shape index (κ3) is 4.68. The number of rotatable bonds is 7. The van der Waals surface area contributed by atoms with Gasteiger partial charge in [0, 0.05) is 25.3 Å². The van der Waals surface area contributed by atoms with E-state index in [9.17, 15) is 9.59 Å². The SMILES string of the molecule is C=CC[C@H]1[C@@H](OC)[C@H](n2ccc(=O)[nH]c2=O)O[C@@H]1CO[Si](C)(C)C(C)(C)C. The van der Waals surface area contributed by atoms with Crippen LogP contribution in [0.15, 0.2) is 34.5 Å². The molecule has 0 aliphatic carbocycles. The van der Waals surface area contributed by atoms with Crippen LogP contribution in [-0.2, 0) is 13.9 Å². The van der Waals surface area contributed by atoms with Crippen molar-refractivity contribution in [3.63, 3.8) is 0 Å². The van der Waals surface area contributed by atoms with E-state index in [-0.39, 0.29) is 23.2 Å². The van der Waals surface area contributed by atoms with Gasteiger partial charge in [0.2, 0.25) is 0 Å². The number of aromatic nitrogens is 2. The van der Waals surface area contributed by atoms with Crippen molar-refractivity contribution in [2.45, 2.75) is 63.8 Å². The molecule has 7 nitrogen and oxygen atoms in total. The van der Waals surface area contributed by atoms with Crippen molar-refractivity contribution in [2.24, 2.45) is 5.92 Å². The van der Waals surface area contributed by atoms with Crippen molar-refractivity contribution in [3.05, 3.63) is 45.8 Å². The van der Waals surface area contributed by atoms with Gasteiger partial charge in [-0.1, -0.05) is 26.8 Å². The molecule has 0 bridgehead atoms. The summed E-state index contributed by atoms with van der Waals surface area (Å²) in [7, 11) is -0.337. The fourth-order valence-electron chi connectivity index (χ4n) is 3.07. The molecule has 4 atom stereocenters. The highest BCUT2D eigenvalue weighted by Gasteiger charge is 2.47. The number of allylic oxidation sites excluding steroid dienone is 1. The Bertz CT molecular complexity index is 764. The summed E-state index contributed by atoms with van der Waals surface area (Å²) in [5, 5.41) is 0.0927. The van der Waals surface area contributed by atoms with Gasteiger partial charge < -0.3 is 13.9 Å². The Morgan fingerprint density at radius 3 is 2.56 bits per heavy atom. The highest BCUT2D eigenvalue weighted by molar-refractivity contribution is 6.74.